The molecule has 2 aliphatic carbocycles. The average Bonchev–Trinajstić information content (AvgIpc) is 3.17. The molecule has 0 heterocycles. The first-order chi connectivity index (χ1) is 11.5. The van der Waals surface area contributed by atoms with Gasteiger partial charge in [-0.25, -0.2) is 8.42 Å². The predicted octanol–water partition coefficient (Wildman–Crippen LogP) is 2.22. The molecule has 3 atom stereocenters. The highest BCUT2D eigenvalue weighted by molar-refractivity contribution is 7.89. The molecule has 2 aliphatic rings. The highest BCUT2D eigenvalue weighted by Gasteiger charge is 2.40. The van der Waals surface area contributed by atoms with Crippen molar-refractivity contribution in [2.75, 3.05) is 6.61 Å². The summed E-state index contributed by atoms with van der Waals surface area (Å²) in [5, 5.41) is 0. The van der Waals surface area contributed by atoms with Gasteiger partial charge < -0.3 is 4.74 Å². The van der Waals surface area contributed by atoms with Gasteiger partial charge in [0.1, 0.15) is 5.75 Å². The van der Waals surface area contributed by atoms with Crippen molar-refractivity contribution in [1.29, 1.82) is 0 Å². The van der Waals surface area contributed by atoms with Crippen molar-refractivity contribution in [2.45, 2.75) is 43.9 Å². The van der Waals surface area contributed by atoms with Gasteiger partial charge in [0.15, 0.2) is 0 Å². The molecule has 0 unspecified atom stereocenters. The van der Waals surface area contributed by atoms with Gasteiger partial charge in [0.05, 0.1) is 11.5 Å². The quantitative estimate of drug-likeness (QED) is 0.737. The van der Waals surface area contributed by atoms with Crippen LogP contribution < -0.4 is 15.0 Å². The zero-order valence-electron chi connectivity index (χ0n) is 13.8. The SMILES string of the molecule is CCOc1ccc(S(=O)(=O)NNC(=O)C[C@H]2C[C@H]3CC[C@@H]2C3)cc1. The first-order valence-electron chi connectivity index (χ1n) is 8.51. The lowest BCUT2D eigenvalue weighted by Crippen LogP contribution is -2.42. The largest absolute Gasteiger partial charge is 0.494 e. The van der Waals surface area contributed by atoms with Crippen LogP contribution in [0.25, 0.3) is 0 Å². The second-order valence-electron chi connectivity index (χ2n) is 6.70. The predicted molar refractivity (Wildman–Crippen MR) is 89.6 cm³/mol. The van der Waals surface area contributed by atoms with Crippen molar-refractivity contribution in [3.63, 3.8) is 0 Å². The molecular weight excluding hydrogens is 328 g/mol. The third-order valence-electron chi connectivity index (χ3n) is 5.10. The molecule has 0 aliphatic heterocycles. The number of amides is 1. The number of nitrogens with one attached hydrogen (secondary N) is 2. The number of carbonyl (C=O) groups is 1. The van der Waals surface area contributed by atoms with Gasteiger partial charge in [-0.3, -0.25) is 10.2 Å². The fourth-order valence-electron chi connectivity index (χ4n) is 3.98. The van der Waals surface area contributed by atoms with Crippen LogP contribution in [0.15, 0.2) is 29.2 Å². The fourth-order valence-corrected chi connectivity index (χ4v) is 4.84. The molecule has 3 rings (SSSR count). The lowest BCUT2D eigenvalue weighted by Gasteiger charge is -2.20. The van der Waals surface area contributed by atoms with E-state index in [4.69, 9.17) is 4.74 Å². The van der Waals surface area contributed by atoms with Gasteiger partial charge in [0.25, 0.3) is 10.0 Å². The Labute approximate surface area is 143 Å². The molecule has 2 saturated carbocycles. The average molecular weight is 352 g/mol. The van der Waals surface area contributed by atoms with Crippen molar-refractivity contribution in [1.82, 2.24) is 10.3 Å². The molecular formula is C17H24N2O4S. The molecule has 1 amide bonds. The monoisotopic (exact) mass is 352 g/mol. The normalized spacial score (nSPS) is 25.6. The van der Waals surface area contributed by atoms with Crippen LogP contribution in [0.3, 0.4) is 0 Å². The first-order valence-corrected chi connectivity index (χ1v) is 9.99. The lowest BCUT2D eigenvalue weighted by molar-refractivity contribution is -0.122. The van der Waals surface area contributed by atoms with Crippen LogP contribution in [0.4, 0.5) is 0 Å². The Kier molecular flexibility index (Phi) is 5.10. The fraction of sp³-hybridized carbons (Fsp3) is 0.588. The van der Waals surface area contributed by atoms with Crippen molar-refractivity contribution in [3.05, 3.63) is 24.3 Å². The van der Waals surface area contributed by atoms with E-state index in [9.17, 15) is 13.2 Å². The summed E-state index contributed by atoms with van der Waals surface area (Å²) in [5.74, 6) is 2.16. The minimum Gasteiger partial charge on any atom is -0.494 e. The number of carbonyl (C=O) groups excluding carboxylic acids is 1. The smallest absolute Gasteiger partial charge is 0.257 e. The summed E-state index contributed by atoms with van der Waals surface area (Å²) in [6.45, 7) is 2.38. The maximum absolute atomic E-state index is 12.2. The number of fused-ring (bicyclic) bond motifs is 2. The molecule has 132 valence electrons. The van der Waals surface area contributed by atoms with Gasteiger partial charge >= 0.3 is 0 Å². The van der Waals surface area contributed by atoms with E-state index in [1.165, 1.54) is 31.4 Å². The van der Waals surface area contributed by atoms with Gasteiger partial charge in [-0.2, -0.15) is 0 Å². The molecule has 2 N–H and O–H groups in total. The van der Waals surface area contributed by atoms with Crippen molar-refractivity contribution in [3.8, 4) is 5.75 Å². The summed E-state index contributed by atoms with van der Waals surface area (Å²) >= 11 is 0. The number of hydrazine groups is 1. The number of ether oxygens (including phenoxy) is 1. The topological polar surface area (TPSA) is 84.5 Å². The Morgan fingerprint density at radius 2 is 1.96 bits per heavy atom. The molecule has 1 aromatic carbocycles. The molecule has 7 heteroatoms. The number of sulfonamides is 1. The van der Waals surface area contributed by atoms with Gasteiger partial charge in [-0.15, -0.1) is 4.83 Å². The summed E-state index contributed by atoms with van der Waals surface area (Å²) in [7, 11) is -3.77. The molecule has 0 spiro atoms. The lowest BCUT2D eigenvalue weighted by atomic mass is 9.86. The van der Waals surface area contributed by atoms with Gasteiger partial charge in [0.2, 0.25) is 5.91 Å². The third-order valence-corrected chi connectivity index (χ3v) is 6.37. The summed E-state index contributed by atoms with van der Waals surface area (Å²) in [6.07, 6.45) is 5.22. The van der Waals surface area contributed by atoms with Gasteiger partial charge in [0, 0.05) is 6.42 Å². The van der Waals surface area contributed by atoms with E-state index in [1.807, 2.05) is 6.92 Å². The van der Waals surface area contributed by atoms with Gasteiger partial charge in [-0.05, 0) is 68.2 Å². The number of hydrogen-bond acceptors (Lipinski definition) is 4. The summed E-state index contributed by atoms with van der Waals surface area (Å²) in [5.41, 5.74) is 2.34. The third kappa shape index (κ3) is 3.89. The Balaban J connectivity index is 1.51. The van der Waals surface area contributed by atoms with Crippen LogP contribution in [0.1, 0.15) is 39.0 Å². The Morgan fingerprint density at radius 3 is 2.54 bits per heavy atom. The summed E-state index contributed by atoms with van der Waals surface area (Å²) < 4.78 is 29.7. The maximum atomic E-state index is 12.2. The van der Waals surface area contributed by atoms with E-state index in [2.05, 4.69) is 10.3 Å². The molecule has 6 nitrogen and oxygen atoms in total. The highest BCUT2D eigenvalue weighted by atomic mass is 32.2. The number of benzene rings is 1. The molecule has 0 radical (unpaired) electrons. The Morgan fingerprint density at radius 1 is 1.21 bits per heavy atom. The van der Waals surface area contributed by atoms with E-state index < -0.39 is 10.0 Å². The van der Waals surface area contributed by atoms with E-state index in [0.717, 1.165) is 12.3 Å². The highest BCUT2D eigenvalue weighted by Crippen LogP contribution is 2.49. The van der Waals surface area contributed by atoms with Gasteiger partial charge in [-0.1, -0.05) is 6.42 Å². The number of rotatable bonds is 7. The molecule has 0 aromatic heterocycles. The first kappa shape index (κ1) is 17.2. The van der Waals surface area contributed by atoms with E-state index in [-0.39, 0.29) is 10.8 Å². The minimum atomic E-state index is -3.77. The van der Waals surface area contributed by atoms with Crippen LogP contribution >= 0.6 is 0 Å². The van der Waals surface area contributed by atoms with E-state index in [0.29, 0.717) is 30.6 Å². The molecule has 2 fully saturated rings. The summed E-state index contributed by atoms with van der Waals surface area (Å²) in [4.78, 5) is 14.3. The number of hydrogen-bond donors (Lipinski definition) is 2. The van der Waals surface area contributed by atoms with Crippen LogP contribution in [-0.2, 0) is 14.8 Å². The minimum absolute atomic E-state index is 0.0891. The van der Waals surface area contributed by atoms with Crippen molar-refractivity contribution < 1.29 is 17.9 Å². The molecule has 0 saturated heterocycles. The Bertz CT molecular complexity index is 687. The standard InChI is InChI=1S/C17H24N2O4S/c1-2-23-15-5-7-16(8-6-15)24(21,22)19-18-17(20)11-14-10-12-3-4-13(14)9-12/h5-8,12-14,19H,2-4,9-11H2,1H3,(H,18,20)/t12-,13+,14+/m0/s1. The maximum Gasteiger partial charge on any atom is 0.257 e. The van der Waals surface area contributed by atoms with Crippen LogP contribution in [-0.4, -0.2) is 20.9 Å². The second-order valence-corrected chi connectivity index (χ2v) is 8.38. The van der Waals surface area contributed by atoms with Crippen molar-refractivity contribution in [2.24, 2.45) is 17.8 Å². The molecule has 1 aromatic rings. The summed E-state index contributed by atoms with van der Waals surface area (Å²) in [6, 6.07) is 6.09. The van der Waals surface area contributed by atoms with Crippen LogP contribution in [0.5, 0.6) is 5.75 Å². The second kappa shape index (κ2) is 7.11. The zero-order valence-corrected chi connectivity index (χ0v) is 14.6. The Hall–Kier alpha value is -1.60. The van der Waals surface area contributed by atoms with E-state index in [1.54, 1.807) is 12.1 Å². The van der Waals surface area contributed by atoms with Crippen LogP contribution in [0.2, 0.25) is 0 Å². The zero-order chi connectivity index (χ0) is 17.2. The van der Waals surface area contributed by atoms with E-state index >= 15 is 0 Å². The van der Waals surface area contributed by atoms with Crippen molar-refractivity contribution >= 4 is 15.9 Å². The van der Waals surface area contributed by atoms with Crippen LogP contribution in [0, 0.1) is 17.8 Å². The molecule has 24 heavy (non-hydrogen) atoms. The molecule has 2 bridgehead atoms.